The van der Waals surface area contributed by atoms with Gasteiger partial charge in [0.1, 0.15) is 0 Å². The topological polar surface area (TPSA) is 64.6 Å². The molecule has 1 aromatic carbocycles. The highest BCUT2D eigenvalue weighted by Crippen LogP contribution is 2.52. The zero-order valence-electron chi connectivity index (χ0n) is 11.8. The quantitative estimate of drug-likeness (QED) is 0.663. The zero-order chi connectivity index (χ0) is 14.6. The first-order valence-electron chi connectivity index (χ1n) is 6.84. The first kappa shape index (κ1) is 16.5. The predicted molar refractivity (Wildman–Crippen MR) is 83.2 cm³/mol. The lowest BCUT2D eigenvalue weighted by Gasteiger charge is -2.30. The summed E-state index contributed by atoms with van der Waals surface area (Å²) < 4.78 is 39.8. The monoisotopic (exact) mass is 331 g/mol. The average molecular weight is 331 g/mol. The van der Waals surface area contributed by atoms with Gasteiger partial charge in [0.25, 0.3) is 0 Å². The molecule has 5 nitrogen and oxygen atoms in total. The van der Waals surface area contributed by atoms with Crippen molar-refractivity contribution in [3.05, 3.63) is 30.3 Å². The van der Waals surface area contributed by atoms with E-state index in [0.717, 1.165) is 0 Å². The van der Waals surface area contributed by atoms with Crippen LogP contribution >= 0.6 is 14.7 Å². The Labute approximate surface area is 125 Å². The molecule has 1 aliphatic rings. The van der Waals surface area contributed by atoms with E-state index in [4.69, 9.17) is 7.15 Å². The van der Waals surface area contributed by atoms with Crippen LogP contribution in [0.3, 0.4) is 0 Å². The summed E-state index contributed by atoms with van der Waals surface area (Å²) in [5.74, 6) is 0. The third-order valence-corrected chi connectivity index (χ3v) is 12.3. The molecule has 1 heterocycles. The van der Waals surface area contributed by atoms with Gasteiger partial charge in [-0.1, -0.05) is 32.0 Å². The molecule has 1 atom stereocenters. The minimum Gasteiger partial charge on any atom is -0.416 e. The van der Waals surface area contributed by atoms with Crippen LogP contribution in [0, 0.1) is 0 Å². The maximum atomic E-state index is 12.9. The van der Waals surface area contributed by atoms with Crippen LogP contribution in [0.2, 0.25) is 0 Å². The Morgan fingerprint density at radius 3 is 2.60 bits per heavy atom. The first-order chi connectivity index (χ1) is 9.51. The molecule has 0 aromatic heterocycles. The molecule has 1 fully saturated rings. The Morgan fingerprint density at radius 2 is 2.00 bits per heavy atom. The molecule has 1 N–H and O–H groups in total. The number of rotatable bonds is 5. The van der Waals surface area contributed by atoms with Gasteiger partial charge in [-0.05, 0) is 18.7 Å². The number of hydrogen-bond acceptors (Lipinski definition) is 5. The smallest absolute Gasteiger partial charge is 0.416 e. The molecule has 1 saturated heterocycles. The molecule has 0 spiro atoms. The first-order valence-corrected chi connectivity index (χ1v) is 12.2. The fourth-order valence-electron chi connectivity index (χ4n) is 2.02. The van der Waals surface area contributed by atoms with E-state index in [9.17, 15) is 9.13 Å². The van der Waals surface area contributed by atoms with Crippen molar-refractivity contribution in [2.45, 2.75) is 13.8 Å². The molecule has 0 saturated carbocycles. The second-order valence-electron chi connectivity index (χ2n) is 4.68. The minimum atomic E-state index is -2.88. The molecule has 110 valence electrons. The largest absolute Gasteiger partial charge is 0.811 e. The van der Waals surface area contributed by atoms with E-state index < -0.39 is 29.8 Å². The Kier molecular flexibility index (Phi) is 5.68. The van der Waals surface area contributed by atoms with Gasteiger partial charge < -0.3 is 11.5 Å². The summed E-state index contributed by atoms with van der Waals surface area (Å²) >= 11 is -2.36. The maximum Gasteiger partial charge on any atom is 0.811 e. The fourth-order valence-corrected chi connectivity index (χ4v) is 10.2. The summed E-state index contributed by atoms with van der Waals surface area (Å²) in [4.78, 5) is 0. The Morgan fingerprint density at radius 1 is 1.35 bits per heavy atom. The van der Waals surface area contributed by atoms with Crippen molar-refractivity contribution >= 4 is 35.1 Å². The van der Waals surface area contributed by atoms with Crippen molar-refractivity contribution in [1.29, 1.82) is 0 Å². The zero-order valence-corrected chi connectivity index (χ0v) is 14.8. The van der Waals surface area contributed by atoms with E-state index in [1.54, 1.807) is 0 Å². The fraction of sp³-hybridized carbons (Fsp3) is 0.500. The maximum absolute atomic E-state index is 12.9. The molecular weight excluding hydrogens is 311 g/mol. The van der Waals surface area contributed by atoms with Gasteiger partial charge in [0.05, 0.1) is 0 Å². The van der Waals surface area contributed by atoms with E-state index in [1.165, 1.54) is 0 Å². The van der Waals surface area contributed by atoms with Gasteiger partial charge in [-0.2, -0.15) is 0 Å². The summed E-state index contributed by atoms with van der Waals surface area (Å²) in [7, 11) is -5.52. The standard InChI is InChI=1S/C8H11NO2P.C4H11O2P.Al/c9-6-7-12(10,11)8-4-2-1-3-5-8;1-3-7(5,6)4-2;/h1-5,9H,6-7H2,(H,10,11);3-4H2,1-2H3,(H,5,6);/q-1;;+3/p-2. The van der Waals surface area contributed by atoms with Gasteiger partial charge in [0, 0.05) is 23.8 Å². The van der Waals surface area contributed by atoms with Gasteiger partial charge in [-0.25, -0.2) is 0 Å². The highest BCUT2D eigenvalue weighted by atomic mass is 31.2. The number of nitrogens with one attached hydrogen (secondary N) is 1. The Balaban J connectivity index is 2.13. The molecule has 1 aliphatic heterocycles. The molecule has 1 aromatic rings. The van der Waals surface area contributed by atoms with E-state index >= 15 is 0 Å². The van der Waals surface area contributed by atoms with Crippen LogP contribution in [0.4, 0.5) is 0 Å². The summed E-state index contributed by atoms with van der Waals surface area (Å²) in [5, 5.41) is 0.713. The van der Waals surface area contributed by atoms with E-state index in [-0.39, 0.29) is 0 Å². The van der Waals surface area contributed by atoms with Crippen molar-refractivity contribution in [1.82, 2.24) is 4.30 Å². The van der Waals surface area contributed by atoms with Crippen LogP contribution in [0.1, 0.15) is 13.8 Å². The molecule has 20 heavy (non-hydrogen) atoms. The summed E-state index contributed by atoms with van der Waals surface area (Å²) in [6.45, 7) is 4.27. The summed E-state index contributed by atoms with van der Waals surface area (Å²) in [5.41, 5.74) is 0. The molecule has 8 heteroatoms. The van der Waals surface area contributed by atoms with Crippen LogP contribution in [-0.4, -0.2) is 40.1 Å². The lowest BCUT2D eigenvalue weighted by atomic mass is 10.4. The Bertz CT molecular complexity index is 532. The molecule has 0 aliphatic carbocycles. The van der Waals surface area contributed by atoms with Crippen LogP contribution < -0.4 is 9.60 Å². The van der Waals surface area contributed by atoms with Crippen molar-refractivity contribution in [2.75, 3.05) is 25.0 Å². The van der Waals surface area contributed by atoms with E-state index in [0.29, 0.717) is 30.3 Å². The summed E-state index contributed by atoms with van der Waals surface area (Å²) in [6, 6.07) is 9.21. The third kappa shape index (κ3) is 3.84. The molecule has 0 amide bonds. The number of hydrogen-bond donors (Lipinski definition) is 1. The second-order valence-corrected chi connectivity index (χ2v) is 12.6. The van der Waals surface area contributed by atoms with Gasteiger partial charge in [0.2, 0.25) is 7.37 Å². The van der Waals surface area contributed by atoms with Gasteiger partial charge in [-0.3, -0.25) is 9.13 Å². The second kappa shape index (κ2) is 6.90. The molecular formula is C12H20AlNO4P2. The van der Waals surface area contributed by atoms with Crippen molar-refractivity contribution < 1.29 is 16.3 Å². The molecule has 0 bridgehead atoms. The lowest BCUT2D eigenvalue weighted by Crippen LogP contribution is -2.46. The molecule has 2 rings (SSSR count). The SMILES string of the molecule is CCP(=O)(CC)[O][Al]1[NH]CC[P@@](=O)(c2ccccc2)[O]1. The van der Waals surface area contributed by atoms with Crippen LogP contribution in [-0.2, 0) is 16.3 Å². The van der Waals surface area contributed by atoms with Crippen LogP contribution in [0.25, 0.3) is 0 Å². The van der Waals surface area contributed by atoms with Gasteiger partial charge in [0.15, 0.2) is 7.37 Å². The van der Waals surface area contributed by atoms with Crippen molar-refractivity contribution in [2.24, 2.45) is 0 Å². The average Bonchev–Trinajstić information content (AvgIpc) is 2.48. The van der Waals surface area contributed by atoms with Crippen LogP contribution in [0.15, 0.2) is 30.3 Å². The van der Waals surface area contributed by atoms with Crippen molar-refractivity contribution in [3.8, 4) is 0 Å². The minimum absolute atomic E-state index is 0.451. The predicted octanol–water partition coefficient (Wildman–Crippen LogP) is 2.53. The summed E-state index contributed by atoms with van der Waals surface area (Å²) in [6.07, 6.45) is 1.41. The lowest BCUT2D eigenvalue weighted by molar-refractivity contribution is 0.381. The van der Waals surface area contributed by atoms with E-state index in [1.807, 2.05) is 44.2 Å². The van der Waals surface area contributed by atoms with Gasteiger partial charge >= 0.3 is 15.0 Å². The molecule has 0 unspecified atom stereocenters. The van der Waals surface area contributed by atoms with Gasteiger partial charge in [-0.15, -0.1) is 0 Å². The molecule has 0 radical (unpaired) electrons. The highest BCUT2D eigenvalue weighted by molar-refractivity contribution is 7.68. The van der Waals surface area contributed by atoms with Crippen molar-refractivity contribution in [3.63, 3.8) is 0 Å². The number of benzene rings is 1. The van der Waals surface area contributed by atoms with Crippen LogP contribution in [0.5, 0.6) is 0 Å². The Hall–Kier alpha value is 0.0925. The normalized spacial score (nSPS) is 23.8. The van der Waals surface area contributed by atoms with E-state index in [2.05, 4.69) is 4.30 Å². The highest BCUT2D eigenvalue weighted by Gasteiger charge is 2.45. The third-order valence-electron chi connectivity index (χ3n) is 3.38.